The van der Waals surface area contributed by atoms with Gasteiger partial charge in [0.1, 0.15) is 6.04 Å². The van der Waals surface area contributed by atoms with E-state index in [0.29, 0.717) is 32.5 Å². The molecule has 4 rings (SSSR count). The van der Waals surface area contributed by atoms with Gasteiger partial charge in [-0.05, 0) is 51.9 Å². The zero-order valence-electron chi connectivity index (χ0n) is 21.7. The van der Waals surface area contributed by atoms with Crippen molar-refractivity contribution in [2.45, 2.75) is 92.7 Å². The van der Waals surface area contributed by atoms with Crippen molar-refractivity contribution in [3.63, 3.8) is 0 Å². The lowest BCUT2D eigenvalue weighted by Crippen LogP contribution is -2.57. The number of likely N-dealkylation sites (tertiary alicyclic amines) is 1. The quantitative estimate of drug-likeness (QED) is 0.241. The Kier molecular flexibility index (Phi) is 8.55. The van der Waals surface area contributed by atoms with E-state index < -0.39 is 27.4 Å². The molecule has 3 aliphatic heterocycles. The number of carbonyl (C=O) groups excluding carboxylic acids is 3. The largest absolute Gasteiger partial charge is 0.465 e. The number of allylic oxidation sites excluding steroid dienone is 1. The molecule has 3 heterocycles. The molecule has 1 aliphatic carbocycles. The number of amides is 2. The second-order valence-corrected chi connectivity index (χ2v) is 12.9. The molecule has 0 aromatic carbocycles. The van der Waals surface area contributed by atoms with E-state index in [1.54, 1.807) is 28.8 Å². The molecular formula is C28H42N2O5S. The number of unbranched alkanes of at least 4 members (excludes halogenated alkanes) is 1. The Balaban J connectivity index is 1.67. The lowest BCUT2D eigenvalue weighted by molar-refractivity contribution is -0.155. The Morgan fingerprint density at radius 3 is 2.61 bits per heavy atom. The normalized spacial score (nSPS) is 33.4. The number of aliphatic hydroxyl groups excluding tert-OH is 1. The van der Waals surface area contributed by atoms with Gasteiger partial charge in [0.15, 0.2) is 0 Å². The van der Waals surface area contributed by atoms with Crippen LogP contribution in [0, 0.1) is 11.8 Å². The van der Waals surface area contributed by atoms with Crippen molar-refractivity contribution >= 4 is 29.5 Å². The maximum absolute atomic E-state index is 14.4. The molecule has 5 atom stereocenters. The molecular weight excluding hydrogens is 476 g/mol. The number of thioether (sulfide) groups is 1. The molecule has 1 saturated carbocycles. The summed E-state index contributed by atoms with van der Waals surface area (Å²) in [4.78, 5) is 45.4. The van der Waals surface area contributed by atoms with E-state index in [2.05, 4.69) is 20.1 Å². The Morgan fingerprint density at radius 1 is 1.19 bits per heavy atom. The summed E-state index contributed by atoms with van der Waals surface area (Å²) < 4.78 is 4.61. The summed E-state index contributed by atoms with van der Waals surface area (Å²) in [5.41, 5.74) is 0. The predicted octanol–water partition coefficient (Wildman–Crippen LogP) is 3.71. The number of carbonyl (C=O) groups is 3. The van der Waals surface area contributed by atoms with Gasteiger partial charge in [-0.3, -0.25) is 14.4 Å². The zero-order valence-corrected chi connectivity index (χ0v) is 22.5. The van der Waals surface area contributed by atoms with Crippen LogP contribution in [-0.2, 0) is 19.1 Å². The van der Waals surface area contributed by atoms with Gasteiger partial charge in [0.2, 0.25) is 11.8 Å². The second kappa shape index (κ2) is 11.3. The van der Waals surface area contributed by atoms with E-state index in [0.717, 1.165) is 44.9 Å². The van der Waals surface area contributed by atoms with Crippen LogP contribution in [0.25, 0.3) is 0 Å². The summed E-state index contributed by atoms with van der Waals surface area (Å²) in [6.45, 7) is 10.7. The highest BCUT2D eigenvalue weighted by molar-refractivity contribution is 8.02. The first-order valence-corrected chi connectivity index (χ1v) is 14.5. The van der Waals surface area contributed by atoms with Crippen LogP contribution in [0.15, 0.2) is 25.3 Å². The summed E-state index contributed by atoms with van der Waals surface area (Å²) in [6, 6.07) is -0.479. The van der Waals surface area contributed by atoms with Crippen molar-refractivity contribution in [1.29, 1.82) is 0 Å². The summed E-state index contributed by atoms with van der Waals surface area (Å²) in [5.74, 6) is -1.61. The van der Waals surface area contributed by atoms with Gasteiger partial charge < -0.3 is 19.6 Å². The van der Waals surface area contributed by atoms with Gasteiger partial charge in [-0.2, -0.15) is 0 Å². The zero-order chi connectivity index (χ0) is 25.9. The first-order valence-electron chi connectivity index (χ1n) is 13.6. The molecule has 0 radical (unpaired) electrons. The van der Waals surface area contributed by atoms with Gasteiger partial charge in [-0.25, -0.2) is 0 Å². The average Bonchev–Trinajstić information content (AvgIpc) is 3.44. The first-order chi connectivity index (χ1) is 17.3. The summed E-state index contributed by atoms with van der Waals surface area (Å²) in [5, 5.41) is 9.56. The Labute approximate surface area is 219 Å². The number of aliphatic hydroxyl groups is 1. The van der Waals surface area contributed by atoms with Crippen molar-refractivity contribution in [2.75, 3.05) is 26.3 Å². The third-order valence-electron chi connectivity index (χ3n) is 8.74. The van der Waals surface area contributed by atoms with Crippen molar-refractivity contribution in [1.82, 2.24) is 9.80 Å². The van der Waals surface area contributed by atoms with Crippen LogP contribution in [0.4, 0.5) is 0 Å². The highest BCUT2D eigenvalue weighted by atomic mass is 32.2. The van der Waals surface area contributed by atoms with Crippen molar-refractivity contribution in [3.8, 4) is 0 Å². The standard InChI is InChI=1S/C28H42N2O5S/c1-4-6-10-19-35-26(34)22-21-24(32)30(17-11-18-31)23(28(21)15-14-27(22,3)36-28)25(33)29(16-5-2)20-12-8-7-9-13-20/h4-5,20-23,31H,1-2,6-19H2,3H3/t21-,22+,23?,27-,28?/m0/s1. The van der Waals surface area contributed by atoms with Crippen LogP contribution in [0.5, 0.6) is 0 Å². The van der Waals surface area contributed by atoms with Crippen LogP contribution >= 0.6 is 11.8 Å². The second-order valence-electron chi connectivity index (χ2n) is 11.0. The summed E-state index contributed by atoms with van der Waals surface area (Å²) in [6.07, 6.45) is 12.3. The minimum Gasteiger partial charge on any atom is -0.465 e. The fraction of sp³-hybridized carbons (Fsp3) is 0.750. The molecule has 0 aromatic rings. The number of nitrogens with zero attached hydrogens (tertiary/aromatic N) is 2. The number of rotatable bonds is 12. The molecule has 36 heavy (non-hydrogen) atoms. The van der Waals surface area contributed by atoms with Gasteiger partial charge in [0.25, 0.3) is 0 Å². The topological polar surface area (TPSA) is 87.1 Å². The van der Waals surface area contributed by atoms with Gasteiger partial charge in [-0.1, -0.05) is 31.4 Å². The summed E-state index contributed by atoms with van der Waals surface area (Å²) >= 11 is 1.68. The maximum atomic E-state index is 14.4. The molecule has 2 unspecified atom stereocenters. The van der Waals surface area contributed by atoms with E-state index in [1.807, 2.05) is 4.90 Å². The average molecular weight is 519 g/mol. The van der Waals surface area contributed by atoms with Crippen LogP contribution < -0.4 is 0 Å². The molecule has 7 nitrogen and oxygen atoms in total. The Hall–Kier alpha value is -1.80. The lowest BCUT2D eigenvalue weighted by atomic mass is 9.66. The number of esters is 1. The maximum Gasteiger partial charge on any atom is 0.311 e. The van der Waals surface area contributed by atoms with E-state index in [1.165, 1.54) is 6.42 Å². The van der Waals surface area contributed by atoms with Gasteiger partial charge in [0.05, 0.1) is 23.2 Å². The lowest BCUT2D eigenvalue weighted by Gasteiger charge is -2.41. The third-order valence-corrected chi connectivity index (χ3v) is 10.7. The summed E-state index contributed by atoms with van der Waals surface area (Å²) in [7, 11) is 0. The van der Waals surface area contributed by atoms with Crippen LogP contribution in [-0.4, -0.2) is 80.6 Å². The Bertz CT molecular complexity index is 874. The highest BCUT2D eigenvalue weighted by Crippen LogP contribution is 2.71. The Morgan fingerprint density at radius 2 is 1.94 bits per heavy atom. The first kappa shape index (κ1) is 27.2. The van der Waals surface area contributed by atoms with Gasteiger partial charge in [0, 0.05) is 30.5 Å². The number of fused-ring (bicyclic) bond motifs is 1. The van der Waals surface area contributed by atoms with E-state index in [4.69, 9.17) is 4.74 Å². The molecule has 200 valence electrons. The number of ether oxygens (including phenoxy) is 1. The third kappa shape index (κ3) is 4.64. The predicted molar refractivity (Wildman–Crippen MR) is 141 cm³/mol. The highest BCUT2D eigenvalue weighted by Gasteiger charge is 2.77. The van der Waals surface area contributed by atoms with Gasteiger partial charge in [-0.15, -0.1) is 24.9 Å². The van der Waals surface area contributed by atoms with Crippen LogP contribution in [0.2, 0.25) is 0 Å². The van der Waals surface area contributed by atoms with E-state index in [9.17, 15) is 19.5 Å². The minimum atomic E-state index is -0.642. The smallest absolute Gasteiger partial charge is 0.311 e. The molecule has 8 heteroatoms. The molecule has 1 N–H and O–H groups in total. The van der Waals surface area contributed by atoms with Crippen LogP contribution in [0.3, 0.4) is 0 Å². The van der Waals surface area contributed by atoms with Crippen LogP contribution in [0.1, 0.15) is 71.1 Å². The minimum absolute atomic E-state index is 0.0210. The molecule has 4 fully saturated rings. The van der Waals surface area contributed by atoms with Crippen molar-refractivity contribution in [3.05, 3.63) is 25.3 Å². The van der Waals surface area contributed by atoms with E-state index >= 15 is 0 Å². The molecule has 3 saturated heterocycles. The van der Waals surface area contributed by atoms with Gasteiger partial charge >= 0.3 is 5.97 Å². The molecule has 4 aliphatic rings. The molecule has 0 aromatic heterocycles. The van der Waals surface area contributed by atoms with E-state index in [-0.39, 0.29) is 30.4 Å². The van der Waals surface area contributed by atoms with Crippen molar-refractivity contribution in [2.24, 2.45) is 11.8 Å². The fourth-order valence-electron chi connectivity index (χ4n) is 7.14. The fourth-order valence-corrected chi connectivity index (χ4v) is 9.48. The number of hydrogen-bond acceptors (Lipinski definition) is 6. The monoisotopic (exact) mass is 518 g/mol. The SMILES string of the molecule is C=CCCCOC(=O)[C@H]1[C@H]2C(=O)N(CCCO)C(C(=O)N(CC=C)C3CCCCC3)C23CC[C@]1(C)S3. The molecule has 2 bridgehead atoms. The molecule has 2 amide bonds. The van der Waals surface area contributed by atoms with Crippen molar-refractivity contribution < 1.29 is 24.2 Å². The molecule has 1 spiro atoms. The number of hydrogen-bond donors (Lipinski definition) is 1.